The molecule has 2 heterocycles. The monoisotopic (exact) mass is 562 g/mol. The molecule has 0 bridgehead atoms. The number of likely N-dealkylation sites (tertiary alicyclic amines) is 1. The number of rotatable bonds is 4. The first kappa shape index (κ1) is 29.4. The van der Waals surface area contributed by atoms with Gasteiger partial charge in [-0.2, -0.15) is 0 Å². The van der Waals surface area contributed by atoms with E-state index >= 15 is 0 Å². The average Bonchev–Trinajstić information content (AvgIpc) is 3.22. The second-order valence-corrected chi connectivity index (χ2v) is 19.4. The van der Waals surface area contributed by atoms with Crippen molar-refractivity contribution < 1.29 is 23.9 Å². The number of hydrogen-bond acceptors (Lipinski definition) is 5. The van der Waals surface area contributed by atoms with Crippen molar-refractivity contribution in [2.75, 3.05) is 26.2 Å². The smallest absolute Gasteiger partial charge is 0.407 e. The molecule has 222 valence electrons. The Hall–Kier alpha value is -1.12. The van der Waals surface area contributed by atoms with Crippen molar-refractivity contribution in [2.24, 2.45) is 35.0 Å². The Bertz CT molecular complexity index is 890. The molecule has 2 amide bonds. The standard InChI is InChI=1S/C31H54N2O5Si/c1-30(2,3)38-29(35)32-19-21-9-12-26-25(17-21)31(20-37-26)13-15-33(16-14-31)28(34)23-11-10-22-7-6-8-27(24(22)18-23)39(4,5)36/h21-27,36H,6-20H2,1-5H3,(H,32,35). The fraction of sp³-hybridized carbons (Fsp3) is 0.935. The molecule has 0 aromatic heterocycles. The van der Waals surface area contributed by atoms with Crippen molar-refractivity contribution in [3.8, 4) is 0 Å². The Morgan fingerprint density at radius 3 is 2.49 bits per heavy atom. The predicted octanol–water partition coefficient (Wildman–Crippen LogP) is 5.72. The Morgan fingerprint density at radius 1 is 1.05 bits per heavy atom. The lowest BCUT2D eigenvalue weighted by Gasteiger charge is -2.49. The molecule has 2 saturated heterocycles. The molecule has 0 radical (unpaired) electrons. The normalized spacial score (nSPS) is 36.7. The van der Waals surface area contributed by atoms with Crippen LogP contribution in [0.5, 0.6) is 0 Å². The number of nitrogens with zero attached hydrogens (tertiary/aromatic N) is 1. The van der Waals surface area contributed by atoms with E-state index in [1.807, 2.05) is 20.8 Å². The molecule has 7 atom stereocenters. The number of nitrogens with one attached hydrogen (secondary N) is 1. The van der Waals surface area contributed by atoms with Crippen LogP contribution in [-0.4, -0.2) is 68.0 Å². The third-order valence-corrected chi connectivity index (χ3v) is 13.7. The molecule has 3 aliphatic carbocycles. The third-order valence-electron chi connectivity index (χ3n) is 11.2. The second kappa shape index (κ2) is 11.3. The zero-order valence-electron chi connectivity index (χ0n) is 25.2. The van der Waals surface area contributed by atoms with Gasteiger partial charge in [-0.15, -0.1) is 0 Å². The fourth-order valence-electron chi connectivity index (χ4n) is 9.16. The van der Waals surface area contributed by atoms with Crippen LogP contribution in [0.15, 0.2) is 0 Å². The van der Waals surface area contributed by atoms with Crippen LogP contribution in [-0.2, 0) is 14.3 Å². The molecule has 7 nitrogen and oxygen atoms in total. The van der Waals surface area contributed by atoms with Crippen LogP contribution in [0.1, 0.15) is 91.4 Å². The average molecular weight is 563 g/mol. The third kappa shape index (κ3) is 6.53. The summed E-state index contributed by atoms with van der Waals surface area (Å²) >= 11 is 0. The van der Waals surface area contributed by atoms with Crippen LogP contribution in [0.25, 0.3) is 0 Å². The largest absolute Gasteiger partial charge is 0.444 e. The van der Waals surface area contributed by atoms with E-state index in [4.69, 9.17) is 9.47 Å². The molecular weight excluding hydrogens is 508 g/mol. The molecule has 7 unspecified atom stereocenters. The summed E-state index contributed by atoms with van der Waals surface area (Å²) in [6.45, 7) is 13.1. The van der Waals surface area contributed by atoms with Crippen LogP contribution < -0.4 is 5.32 Å². The zero-order valence-corrected chi connectivity index (χ0v) is 26.2. The Balaban J connectivity index is 1.14. The number of alkyl carbamates (subject to hydrolysis) is 1. The molecule has 2 aliphatic heterocycles. The molecule has 5 fully saturated rings. The number of piperidine rings is 1. The van der Waals surface area contributed by atoms with Crippen molar-refractivity contribution in [3.05, 3.63) is 0 Å². The van der Waals surface area contributed by atoms with E-state index < -0.39 is 13.9 Å². The molecule has 1 spiro atoms. The van der Waals surface area contributed by atoms with Gasteiger partial charge in [-0.1, -0.05) is 19.3 Å². The van der Waals surface area contributed by atoms with E-state index in [1.54, 1.807) is 0 Å². The van der Waals surface area contributed by atoms with E-state index in [0.717, 1.165) is 77.5 Å². The van der Waals surface area contributed by atoms with Crippen molar-refractivity contribution in [3.63, 3.8) is 0 Å². The summed E-state index contributed by atoms with van der Waals surface area (Å²) in [5.74, 6) is 2.75. The van der Waals surface area contributed by atoms with Crippen LogP contribution >= 0.6 is 0 Å². The number of carbonyl (C=O) groups is 2. The van der Waals surface area contributed by atoms with Crippen LogP contribution in [0, 0.1) is 35.0 Å². The molecule has 39 heavy (non-hydrogen) atoms. The number of amides is 2. The summed E-state index contributed by atoms with van der Waals surface area (Å²) in [6.07, 6.45) is 12.2. The van der Waals surface area contributed by atoms with E-state index in [2.05, 4.69) is 23.3 Å². The van der Waals surface area contributed by atoms with Crippen LogP contribution in [0.2, 0.25) is 18.6 Å². The summed E-state index contributed by atoms with van der Waals surface area (Å²) in [5.41, 5.74) is 0.142. The lowest BCUT2D eigenvalue weighted by Crippen LogP contribution is -2.51. The highest BCUT2D eigenvalue weighted by Crippen LogP contribution is 2.54. The lowest BCUT2D eigenvalue weighted by molar-refractivity contribution is -0.140. The second-order valence-electron chi connectivity index (χ2n) is 15.3. The van der Waals surface area contributed by atoms with Gasteiger partial charge in [0.1, 0.15) is 5.60 Å². The summed E-state index contributed by atoms with van der Waals surface area (Å²) in [5, 5.41) is 3.00. The first-order chi connectivity index (χ1) is 18.3. The van der Waals surface area contributed by atoms with Gasteiger partial charge >= 0.3 is 6.09 Å². The number of fused-ring (bicyclic) bond motifs is 3. The Labute approximate surface area is 237 Å². The van der Waals surface area contributed by atoms with Gasteiger partial charge in [-0.25, -0.2) is 4.79 Å². The summed E-state index contributed by atoms with van der Waals surface area (Å²) in [4.78, 5) is 39.1. The predicted molar refractivity (Wildman–Crippen MR) is 155 cm³/mol. The van der Waals surface area contributed by atoms with Gasteiger partial charge in [0.2, 0.25) is 5.91 Å². The van der Waals surface area contributed by atoms with Gasteiger partial charge in [-0.3, -0.25) is 4.79 Å². The van der Waals surface area contributed by atoms with Gasteiger partial charge in [0, 0.05) is 31.0 Å². The van der Waals surface area contributed by atoms with Crippen molar-refractivity contribution >= 4 is 20.3 Å². The number of carbonyl (C=O) groups excluding carboxylic acids is 2. The van der Waals surface area contributed by atoms with Crippen molar-refractivity contribution in [1.82, 2.24) is 10.2 Å². The van der Waals surface area contributed by atoms with E-state index in [9.17, 15) is 14.4 Å². The van der Waals surface area contributed by atoms with Gasteiger partial charge in [0.15, 0.2) is 8.32 Å². The highest BCUT2D eigenvalue weighted by Gasteiger charge is 2.53. The first-order valence-electron chi connectivity index (χ1n) is 15.9. The molecule has 0 aromatic carbocycles. The van der Waals surface area contributed by atoms with Crippen molar-refractivity contribution in [1.29, 1.82) is 0 Å². The van der Waals surface area contributed by atoms with Crippen molar-refractivity contribution in [2.45, 2.75) is 122 Å². The fourth-order valence-corrected chi connectivity index (χ4v) is 11.5. The van der Waals surface area contributed by atoms with Crippen LogP contribution in [0.3, 0.4) is 0 Å². The zero-order chi connectivity index (χ0) is 28.0. The summed E-state index contributed by atoms with van der Waals surface area (Å²) in [7, 11) is -2.21. The van der Waals surface area contributed by atoms with E-state index in [1.165, 1.54) is 12.8 Å². The highest BCUT2D eigenvalue weighted by atomic mass is 28.4. The van der Waals surface area contributed by atoms with E-state index in [-0.39, 0.29) is 17.4 Å². The molecular formula is C31H54N2O5Si. The Morgan fingerprint density at radius 2 is 1.79 bits per heavy atom. The summed E-state index contributed by atoms with van der Waals surface area (Å²) in [6, 6.07) is 0. The minimum Gasteiger partial charge on any atom is -0.444 e. The van der Waals surface area contributed by atoms with Crippen LogP contribution in [0.4, 0.5) is 4.79 Å². The molecule has 0 aromatic rings. The minimum absolute atomic E-state index is 0.141. The lowest BCUT2D eigenvalue weighted by atomic mass is 9.63. The molecule has 8 heteroatoms. The van der Waals surface area contributed by atoms with Gasteiger partial charge < -0.3 is 24.5 Å². The maximum atomic E-state index is 13.8. The van der Waals surface area contributed by atoms with Gasteiger partial charge in [0.25, 0.3) is 0 Å². The van der Waals surface area contributed by atoms with E-state index in [0.29, 0.717) is 47.8 Å². The minimum atomic E-state index is -2.21. The first-order valence-corrected chi connectivity index (χ1v) is 19.0. The number of hydrogen-bond donors (Lipinski definition) is 2. The maximum Gasteiger partial charge on any atom is 0.407 e. The van der Waals surface area contributed by atoms with Gasteiger partial charge in [-0.05, 0) is 114 Å². The molecule has 5 rings (SSSR count). The molecule has 2 N–H and O–H groups in total. The maximum absolute atomic E-state index is 13.8. The number of ether oxygens (including phenoxy) is 2. The Kier molecular flexibility index (Phi) is 8.49. The molecule has 3 saturated carbocycles. The molecule has 5 aliphatic rings. The quantitative estimate of drug-likeness (QED) is 0.428. The topological polar surface area (TPSA) is 88.1 Å². The summed E-state index contributed by atoms with van der Waals surface area (Å²) < 4.78 is 11.8. The SMILES string of the molecule is CC(C)(C)OC(=O)NCC1CCC2OCC3(CCN(C(=O)C4CCC5CCCC([Si](C)(C)O)C5C4)CC3)C2C1. The van der Waals surface area contributed by atoms with Gasteiger partial charge in [0.05, 0.1) is 12.7 Å². The highest BCUT2D eigenvalue weighted by molar-refractivity contribution is 6.71.